The summed E-state index contributed by atoms with van der Waals surface area (Å²) in [5, 5.41) is 4.32. The summed E-state index contributed by atoms with van der Waals surface area (Å²) in [6.45, 7) is 6.98. The van der Waals surface area contributed by atoms with Crippen molar-refractivity contribution < 1.29 is 4.74 Å². The van der Waals surface area contributed by atoms with Crippen molar-refractivity contribution in [3.8, 4) is 0 Å². The highest BCUT2D eigenvalue weighted by atomic mass is 35.5. The van der Waals surface area contributed by atoms with E-state index in [-0.39, 0.29) is 0 Å². The molecular weight excluding hydrogens is 272 g/mol. The number of hydrogen-bond donors (Lipinski definition) is 1. The van der Waals surface area contributed by atoms with Crippen LogP contribution in [0, 0.1) is 6.92 Å². The third-order valence-electron chi connectivity index (χ3n) is 4.36. The second kappa shape index (κ2) is 6.44. The molecule has 2 unspecified atom stereocenters. The van der Waals surface area contributed by atoms with Gasteiger partial charge < -0.3 is 10.1 Å². The van der Waals surface area contributed by atoms with Crippen LogP contribution in [0.2, 0.25) is 5.02 Å². The quantitative estimate of drug-likeness (QED) is 0.924. The van der Waals surface area contributed by atoms with Gasteiger partial charge in [0, 0.05) is 30.7 Å². The first-order valence-electron chi connectivity index (χ1n) is 7.54. The number of morpholine rings is 1. The third kappa shape index (κ3) is 3.34. The van der Waals surface area contributed by atoms with Gasteiger partial charge in [-0.2, -0.15) is 0 Å². The van der Waals surface area contributed by atoms with Crippen LogP contribution >= 0.6 is 11.6 Å². The van der Waals surface area contributed by atoms with Gasteiger partial charge in [0.1, 0.15) is 0 Å². The number of nitrogens with zero attached hydrogens (tertiary/aromatic N) is 1. The Morgan fingerprint density at radius 3 is 3.20 bits per heavy atom. The average molecular weight is 295 g/mol. The molecular formula is C16H23ClN2O. The molecule has 2 atom stereocenters. The second-order valence-corrected chi connectivity index (χ2v) is 6.38. The first-order chi connectivity index (χ1) is 9.72. The molecule has 1 aromatic rings. The van der Waals surface area contributed by atoms with Crippen LogP contribution in [0.15, 0.2) is 18.2 Å². The second-order valence-electron chi connectivity index (χ2n) is 5.97. The zero-order chi connectivity index (χ0) is 13.9. The van der Waals surface area contributed by atoms with Crippen LogP contribution in [0.5, 0.6) is 0 Å². The van der Waals surface area contributed by atoms with Crippen LogP contribution in [0.1, 0.15) is 24.0 Å². The molecule has 0 bridgehead atoms. The van der Waals surface area contributed by atoms with E-state index < -0.39 is 0 Å². The summed E-state index contributed by atoms with van der Waals surface area (Å²) in [5.41, 5.74) is 2.36. The maximum absolute atomic E-state index is 6.24. The van der Waals surface area contributed by atoms with Gasteiger partial charge in [-0.05, 0) is 43.5 Å². The van der Waals surface area contributed by atoms with Crippen molar-refractivity contribution in [2.75, 3.05) is 26.2 Å². The van der Waals surface area contributed by atoms with Crippen molar-refractivity contribution in [3.63, 3.8) is 0 Å². The molecule has 0 radical (unpaired) electrons. The monoisotopic (exact) mass is 294 g/mol. The minimum absolute atomic E-state index is 0.313. The number of aryl methyl sites for hydroxylation is 1. The first kappa shape index (κ1) is 14.3. The molecule has 0 amide bonds. The molecule has 1 aromatic carbocycles. The SMILES string of the molecule is Cc1ccc(CNCC2CN3CCCC3CO2)c(Cl)c1. The summed E-state index contributed by atoms with van der Waals surface area (Å²) < 4.78 is 5.94. The smallest absolute Gasteiger partial charge is 0.0827 e. The maximum Gasteiger partial charge on any atom is 0.0827 e. The Bertz CT molecular complexity index is 466. The van der Waals surface area contributed by atoms with E-state index in [1.165, 1.54) is 24.9 Å². The van der Waals surface area contributed by atoms with Crippen molar-refractivity contribution >= 4 is 11.6 Å². The van der Waals surface area contributed by atoms with Crippen LogP contribution in [-0.4, -0.2) is 43.3 Å². The summed E-state index contributed by atoms with van der Waals surface area (Å²) in [7, 11) is 0. The van der Waals surface area contributed by atoms with Crippen LogP contribution in [0.3, 0.4) is 0 Å². The Hall–Kier alpha value is -0.610. The van der Waals surface area contributed by atoms with Gasteiger partial charge in [0.25, 0.3) is 0 Å². The third-order valence-corrected chi connectivity index (χ3v) is 4.71. The zero-order valence-electron chi connectivity index (χ0n) is 12.1. The van der Waals surface area contributed by atoms with E-state index in [9.17, 15) is 0 Å². The fourth-order valence-corrected chi connectivity index (χ4v) is 3.47. The maximum atomic E-state index is 6.24. The van der Waals surface area contributed by atoms with Crippen LogP contribution in [0.4, 0.5) is 0 Å². The lowest BCUT2D eigenvalue weighted by molar-refractivity contribution is -0.0470. The highest BCUT2D eigenvalue weighted by molar-refractivity contribution is 6.31. The highest BCUT2D eigenvalue weighted by Gasteiger charge is 2.31. The standard InChI is InChI=1S/C16H23ClN2O/c1-12-4-5-13(16(17)7-12)8-18-9-15-10-19-6-2-3-14(19)11-20-15/h4-5,7,14-15,18H,2-3,6,8-11H2,1H3. The van der Waals surface area contributed by atoms with Crippen LogP contribution in [0.25, 0.3) is 0 Å². The van der Waals surface area contributed by atoms with Crippen molar-refractivity contribution in [1.29, 1.82) is 0 Å². The van der Waals surface area contributed by atoms with Gasteiger partial charge in [-0.3, -0.25) is 4.90 Å². The fraction of sp³-hybridized carbons (Fsp3) is 0.625. The Morgan fingerprint density at radius 2 is 2.35 bits per heavy atom. The Kier molecular flexibility index (Phi) is 4.61. The molecule has 2 aliphatic heterocycles. The van der Waals surface area contributed by atoms with E-state index >= 15 is 0 Å². The molecule has 2 saturated heterocycles. The summed E-state index contributed by atoms with van der Waals surface area (Å²) in [5.74, 6) is 0. The fourth-order valence-electron chi connectivity index (χ4n) is 3.17. The molecule has 0 aromatic heterocycles. The Balaban J connectivity index is 1.45. The summed E-state index contributed by atoms with van der Waals surface area (Å²) in [4.78, 5) is 2.58. The highest BCUT2D eigenvalue weighted by Crippen LogP contribution is 2.22. The zero-order valence-corrected chi connectivity index (χ0v) is 12.8. The Morgan fingerprint density at radius 1 is 1.45 bits per heavy atom. The summed E-state index contributed by atoms with van der Waals surface area (Å²) in [6.07, 6.45) is 2.94. The predicted molar refractivity (Wildman–Crippen MR) is 82.2 cm³/mol. The van der Waals surface area contributed by atoms with Crippen LogP contribution < -0.4 is 5.32 Å². The van der Waals surface area contributed by atoms with Gasteiger partial charge in [0.2, 0.25) is 0 Å². The van der Waals surface area contributed by atoms with Crippen LogP contribution in [-0.2, 0) is 11.3 Å². The van der Waals surface area contributed by atoms with Gasteiger partial charge >= 0.3 is 0 Å². The van der Waals surface area contributed by atoms with Gasteiger partial charge in [0.05, 0.1) is 12.7 Å². The average Bonchev–Trinajstić information content (AvgIpc) is 2.89. The van der Waals surface area contributed by atoms with E-state index in [0.29, 0.717) is 12.1 Å². The molecule has 4 heteroatoms. The van der Waals surface area contributed by atoms with Gasteiger partial charge in [-0.25, -0.2) is 0 Å². The molecule has 0 aliphatic carbocycles. The molecule has 2 heterocycles. The largest absolute Gasteiger partial charge is 0.374 e. The predicted octanol–water partition coefficient (Wildman–Crippen LogP) is 2.60. The lowest BCUT2D eigenvalue weighted by Crippen LogP contribution is -2.49. The number of rotatable bonds is 4. The van der Waals surface area contributed by atoms with Gasteiger partial charge in [0.15, 0.2) is 0 Å². The molecule has 0 saturated carbocycles. The minimum atomic E-state index is 0.313. The van der Waals surface area contributed by atoms with Crippen molar-refractivity contribution in [2.24, 2.45) is 0 Å². The lowest BCUT2D eigenvalue weighted by atomic mass is 10.1. The topological polar surface area (TPSA) is 24.5 Å². The molecule has 3 nitrogen and oxygen atoms in total. The van der Waals surface area contributed by atoms with Crippen molar-refractivity contribution in [1.82, 2.24) is 10.2 Å². The van der Waals surface area contributed by atoms with Crippen molar-refractivity contribution in [2.45, 2.75) is 38.5 Å². The number of ether oxygens (including phenoxy) is 1. The number of nitrogens with one attached hydrogen (secondary N) is 1. The summed E-state index contributed by atoms with van der Waals surface area (Å²) in [6, 6.07) is 6.90. The normalized spacial score (nSPS) is 26.7. The molecule has 2 fully saturated rings. The number of fused-ring (bicyclic) bond motifs is 1. The van der Waals surface area contributed by atoms with Crippen molar-refractivity contribution in [3.05, 3.63) is 34.3 Å². The first-order valence-corrected chi connectivity index (χ1v) is 7.91. The van der Waals surface area contributed by atoms with E-state index in [4.69, 9.17) is 16.3 Å². The molecule has 2 aliphatic rings. The molecule has 20 heavy (non-hydrogen) atoms. The molecule has 3 rings (SSSR count). The van der Waals surface area contributed by atoms with E-state index in [1.807, 2.05) is 6.07 Å². The minimum Gasteiger partial charge on any atom is -0.374 e. The summed E-state index contributed by atoms with van der Waals surface area (Å²) >= 11 is 6.24. The molecule has 0 spiro atoms. The van der Waals surface area contributed by atoms with E-state index in [2.05, 4.69) is 29.3 Å². The lowest BCUT2D eigenvalue weighted by Gasteiger charge is -2.35. The molecule has 1 N–H and O–H groups in total. The van der Waals surface area contributed by atoms with Gasteiger partial charge in [-0.1, -0.05) is 23.7 Å². The van der Waals surface area contributed by atoms with Gasteiger partial charge in [-0.15, -0.1) is 0 Å². The number of benzene rings is 1. The molecule has 110 valence electrons. The van der Waals surface area contributed by atoms with E-state index in [1.54, 1.807) is 0 Å². The van der Waals surface area contributed by atoms with E-state index in [0.717, 1.165) is 36.8 Å². The Labute approximate surface area is 126 Å². The number of hydrogen-bond acceptors (Lipinski definition) is 3. The number of halogens is 1.